The van der Waals surface area contributed by atoms with E-state index in [1.807, 2.05) is 25.1 Å². The number of morpholine rings is 1. The molecule has 1 N–H and O–H groups in total. The average Bonchev–Trinajstić information content (AvgIpc) is 2.66. The fourth-order valence-corrected chi connectivity index (χ4v) is 2.87. The average molecular weight is 356 g/mol. The molecule has 0 spiro atoms. The van der Waals surface area contributed by atoms with Gasteiger partial charge in [0.05, 0.1) is 24.6 Å². The van der Waals surface area contributed by atoms with Gasteiger partial charge in [0.15, 0.2) is 5.56 Å². The molecular formula is C17H20N6O3. The van der Waals surface area contributed by atoms with E-state index >= 15 is 0 Å². The number of aryl methyl sites for hydroxylation is 1. The molecule has 2 aromatic heterocycles. The molecule has 3 rings (SSSR count). The summed E-state index contributed by atoms with van der Waals surface area (Å²) in [4.78, 5) is 31.1. The number of rotatable bonds is 3. The molecule has 9 nitrogen and oxygen atoms in total. The molecular weight excluding hydrogens is 336 g/mol. The van der Waals surface area contributed by atoms with E-state index in [-0.39, 0.29) is 11.4 Å². The van der Waals surface area contributed by atoms with Gasteiger partial charge in [-0.1, -0.05) is 0 Å². The number of anilines is 3. The van der Waals surface area contributed by atoms with Crippen molar-refractivity contribution in [3.8, 4) is 6.07 Å². The van der Waals surface area contributed by atoms with Gasteiger partial charge in [-0.05, 0) is 19.1 Å². The van der Waals surface area contributed by atoms with Crippen molar-refractivity contribution in [2.24, 2.45) is 14.1 Å². The Hall–Kier alpha value is -3.12. The van der Waals surface area contributed by atoms with E-state index in [1.54, 1.807) is 0 Å². The summed E-state index contributed by atoms with van der Waals surface area (Å²) in [6, 6.07) is 5.57. The lowest BCUT2D eigenvalue weighted by Gasteiger charge is -2.28. The van der Waals surface area contributed by atoms with Gasteiger partial charge in [-0.2, -0.15) is 5.26 Å². The first-order chi connectivity index (χ1) is 12.4. The fourth-order valence-electron chi connectivity index (χ4n) is 2.87. The minimum Gasteiger partial charge on any atom is -0.378 e. The Morgan fingerprint density at radius 2 is 1.88 bits per heavy atom. The Morgan fingerprint density at radius 3 is 2.50 bits per heavy atom. The molecule has 136 valence electrons. The lowest BCUT2D eigenvalue weighted by atomic mass is 10.2. The van der Waals surface area contributed by atoms with Crippen LogP contribution in [0.25, 0.3) is 0 Å². The molecule has 1 saturated heterocycles. The minimum absolute atomic E-state index is 0.119. The number of ether oxygens (including phenoxy) is 1. The van der Waals surface area contributed by atoms with Crippen LogP contribution in [0.5, 0.6) is 0 Å². The molecule has 0 radical (unpaired) electrons. The molecule has 0 aromatic carbocycles. The Labute approximate surface area is 150 Å². The molecule has 0 aliphatic carbocycles. The maximum atomic E-state index is 12.2. The van der Waals surface area contributed by atoms with Gasteiger partial charge in [0.25, 0.3) is 5.56 Å². The number of nitriles is 1. The smallest absolute Gasteiger partial charge is 0.332 e. The number of nitrogens with one attached hydrogen (secondary N) is 1. The van der Waals surface area contributed by atoms with Crippen LogP contribution in [-0.2, 0) is 18.8 Å². The van der Waals surface area contributed by atoms with Crippen LogP contribution in [0.15, 0.2) is 21.7 Å². The topological polar surface area (TPSA) is 105 Å². The van der Waals surface area contributed by atoms with Crippen LogP contribution in [0, 0.1) is 18.3 Å². The quantitative estimate of drug-likeness (QED) is 0.840. The summed E-state index contributed by atoms with van der Waals surface area (Å²) >= 11 is 0. The molecule has 0 saturated carbocycles. The highest BCUT2D eigenvalue weighted by Crippen LogP contribution is 2.23. The molecule has 9 heteroatoms. The summed E-state index contributed by atoms with van der Waals surface area (Å²) in [5.41, 5.74) is 0.0692. The zero-order valence-corrected chi connectivity index (χ0v) is 14.9. The van der Waals surface area contributed by atoms with E-state index in [0.717, 1.165) is 23.5 Å². The molecule has 2 aromatic rings. The second-order valence-electron chi connectivity index (χ2n) is 6.07. The standard InChI is InChI=1S/C17H20N6O3/c1-11-13(4-5-14(19-11)23-6-8-26-9-7-23)20-15-12(10-18)16(24)22(3)17(25)21(15)2/h4-5,20H,6-9H2,1-3H3. The van der Waals surface area contributed by atoms with Gasteiger partial charge in [-0.15, -0.1) is 0 Å². The molecule has 3 heterocycles. The zero-order chi connectivity index (χ0) is 18.8. The molecule has 0 bridgehead atoms. The van der Waals surface area contributed by atoms with Crippen LogP contribution in [0.3, 0.4) is 0 Å². The van der Waals surface area contributed by atoms with Crippen LogP contribution in [-0.4, -0.2) is 40.4 Å². The van der Waals surface area contributed by atoms with Crippen molar-refractivity contribution in [1.29, 1.82) is 5.26 Å². The van der Waals surface area contributed by atoms with E-state index in [9.17, 15) is 14.9 Å². The van der Waals surface area contributed by atoms with E-state index in [1.165, 1.54) is 18.7 Å². The van der Waals surface area contributed by atoms with Gasteiger partial charge >= 0.3 is 5.69 Å². The third-order valence-corrected chi connectivity index (χ3v) is 4.44. The molecule has 1 aliphatic rings. The second-order valence-corrected chi connectivity index (χ2v) is 6.07. The fraction of sp³-hybridized carbons (Fsp3) is 0.412. The molecule has 1 fully saturated rings. The van der Waals surface area contributed by atoms with Crippen LogP contribution in [0.1, 0.15) is 11.3 Å². The number of hydrogen-bond acceptors (Lipinski definition) is 7. The second kappa shape index (κ2) is 7.01. The van der Waals surface area contributed by atoms with E-state index in [0.29, 0.717) is 24.6 Å². The van der Waals surface area contributed by atoms with Crippen molar-refractivity contribution in [1.82, 2.24) is 14.1 Å². The van der Waals surface area contributed by atoms with Crippen LogP contribution in [0.4, 0.5) is 17.3 Å². The predicted molar refractivity (Wildman–Crippen MR) is 96.9 cm³/mol. The SMILES string of the molecule is Cc1nc(N2CCOCC2)ccc1Nc1c(C#N)c(=O)n(C)c(=O)n1C. The van der Waals surface area contributed by atoms with Gasteiger partial charge in [-0.3, -0.25) is 13.9 Å². The Bertz CT molecular complexity index is 995. The summed E-state index contributed by atoms with van der Waals surface area (Å²) in [6.07, 6.45) is 0. The first kappa shape index (κ1) is 17.7. The van der Waals surface area contributed by atoms with Gasteiger partial charge < -0.3 is 15.0 Å². The summed E-state index contributed by atoms with van der Waals surface area (Å²) < 4.78 is 7.51. The van der Waals surface area contributed by atoms with Crippen molar-refractivity contribution in [3.63, 3.8) is 0 Å². The highest BCUT2D eigenvalue weighted by Gasteiger charge is 2.18. The van der Waals surface area contributed by atoms with Crippen LogP contribution < -0.4 is 21.5 Å². The Morgan fingerprint density at radius 1 is 1.19 bits per heavy atom. The zero-order valence-electron chi connectivity index (χ0n) is 14.9. The minimum atomic E-state index is -0.631. The van der Waals surface area contributed by atoms with Crippen LogP contribution in [0.2, 0.25) is 0 Å². The number of pyridine rings is 1. The largest absolute Gasteiger partial charge is 0.378 e. The molecule has 0 atom stereocenters. The monoisotopic (exact) mass is 356 g/mol. The summed E-state index contributed by atoms with van der Waals surface area (Å²) in [5.74, 6) is 0.999. The third-order valence-electron chi connectivity index (χ3n) is 4.44. The number of aromatic nitrogens is 3. The molecule has 0 amide bonds. The van der Waals surface area contributed by atoms with Gasteiger partial charge in [0.2, 0.25) is 0 Å². The summed E-state index contributed by atoms with van der Waals surface area (Å²) in [6.45, 7) is 4.73. The van der Waals surface area contributed by atoms with Crippen molar-refractivity contribution < 1.29 is 4.74 Å². The molecule has 0 unspecified atom stereocenters. The highest BCUT2D eigenvalue weighted by molar-refractivity contribution is 5.65. The van der Waals surface area contributed by atoms with Crippen molar-refractivity contribution >= 4 is 17.3 Å². The van der Waals surface area contributed by atoms with Crippen molar-refractivity contribution in [3.05, 3.63) is 44.2 Å². The first-order valence-corrected chi connectivity index (χ1v) is 8.21. The van der Waals surface area contributed by atoms with E-state index in [4.69, 9.17) is 4.74 Å². The molecule has 26 heavy (non-hydrogen) atoms. The Kier molecular flexibility index (Phi) is 4.77. The van der Waals surface area contributed by atoms with Crippen molar-refractivity contribution in [2.75, 3.05) is 36.5 Å². The van der Waals surface area contributed by atoms with Gasteiger partial charge in [-0.25, -0.2) is 9.78 Å². The summed E-state index contributed by atoms with van der Waals surface area (Å²) in [7, 11) is 2.86. The van der Waals surface area contributed by atoms with E-state index in [2.05, 4.69) is 15.2 Å². The number of nitrogens with zero attached hydrogens (tertiary/aromatic N) is 5. The molecule has 1 aliphatic heterocycles. The van der Waals surface area contributed by atoms with Gasteiger partial charge in [0, 0.05) is 27.2 Å². The maximum absolute atomic E-state index is 12.2. The maximum Gasteiger partial charge on any atom is 0.332 e. The summed E-state index contributed by atoms with van der Waals surface area (Å²) in [5, 5.41) is 12.4. The van der Waals surface area contributed by atoms with Gasteiger partial charge in [0.1, 0.15) is 17.7 Å². The predicted octanol–water partition coefficient (Wildman–Crippen LogP) is 0.239. The number of hydrogen-bond donors (Lipinski definition) is 1. The van der Waals surface area contributed by atoms with Crippen LogP contribution >= 0.6 is 0 Å². The Balaban J connectivity index is 1.99. The first-order valence-electron chi connectivity index (χ1n) is 8.21. The lowest BCUT2D eigenvalue weighted by Crippen LogP contribution is -2.39. The lowest BCUT2D eigenvalue weighted by molar-refractivity contribution is 0.122. The third kappa shape index (κ3) is 3.07. The van der Waals surface area contributed by atoms with Crippen molar-refractivity contribution in [2.45, 2.75) is 6.92 Å². The normalized spacial score (nSPS) is 14.2. The highest BCUT2D eigenvalue weighted by atomic mass is 16.5. The van der Waals surface area contributed by atoms with E-state index < -0.39 is 11.2 Å².